The molecule has 0 unspecified atom stereocenters. The largest absolute Gasteiger partial charge is 0.303 e. The molecule has 1 heterocycles. The van der Waals surface area contributed by atoms with Gasteiger partial charge >= 0.3 is 0 Å². The summed E-state index contributed by atoms with van der Waals surface area (Å²) in [6.45, 7) is 1.98. The molecule has 0 aliphatic carbocycles. The molecule has 3 heteroatoms. The first-order valence-corrected chi connectivity index (χ1v) is 3.83. The lowest BCUT2D eigenvalue weighted by Gasteiger charge is -2.06. The topological polar surface area (TPSA) is 28.5 Å². The maximum atomic E-state index is 4.27. The molecule has 1 aromatic heterocycles. The van der Waals surface area contributed by atoms with Crippen molar-refractivity contribution in [3.63, 3.8) is 0 Å². The summed E-state index contributed by atoms with van der Waals surface area (Å²) in [5.41, 5.74) is 2.11. The Morgan fingerprint density at radius 1 is 1.33 bits per heavy atom. The normalized spacial score (nSPS) is 11.4. The molecular formula is C9H13N3. The second-order valence-corrected chi connectivity index (χ2v) is 2.77. The van der Waals surface area contributed by atoms with Crippen molar-refractivity contribution in [2.75, 3.05) is 14.1 Å². The summed E-state index contributed by atoms with van der Waals surface area (Å²) in [7, 11) is 3.81. The summed E-state index contributed by atoms with van der Waals surface area (Å²) >= 11 is 0. The van der Waals surface area contributed by atoms with E-state index in [2.05, 4.69) is 10.1 Å². The van der Waals surface area contributed by atoms with Gasteiger partial charge in [-0.25, -0.2) is 0 Å². The molecule has 0 N–H and O–H groups in total. The van der Waals surface area contributed by atoms with Crippen molar-refractivity contribution in [3.8, 4) is 0 Å². The average molecular weight is 163 g/mol. The van der Waals surface area contributed by atoms with Crippen LogP contribution in [0.3, 0.4) is 0 Å². The molecule has 0 radical (unpaired) electrons. The number of hydrazone groups is 1. The van der Waals surface area contributed by atoms with E-state index >= 15 is 0 Å². The Kier molecular flexibility index (Phi) is 2.80. The minimum Gasteiger partial charge on any atom is -0.303 e. The molecule has 3 nitrogen and oxygen atoms in total. The van der Waals surface area contributed by atoms with Gasteiger partial charge in [0.1, 0.15) is 0 Å². The van der Waals surface area contributed by atoms with Crippen LogP contribution in [0.2, 0.25) is 0 Å². The molecule has 0 bridgehead atoms. The van der Waals surface area contributed by atoms with Crippen molar-refractivity contribution in [2.45, 2.75) is 6.92 Å². The molecule has 0 saturated heterocycles. The molecule has 12 heavy (non-hydrogen) atoms. The van der Waals surface area contributed by atoms with Gasteiger partial charge in [-0.05, 0) is 19.1 Å². The molecule has 0 spiro atoms. The van der Waals surface area contributed by atoms with Crippen LogP contribution in [0, 0.1) is 0 Å². The fraction of sp³-hybridized carbons (Fsp3) is 0.333. The first-order valence-electron chi connectivity index (χ1n) is 3.83. The minimum absolute atomic E-state index is 1.00. The fourth-order valence-electron chi connectivity index (χ4n) is 0.951. The van der Waals surface area contributed by atoms with Crippen molar-refractivity contribution in [2.24, 2.45) is 5.10 Å². The zero-order valence-electron chi connectivity index (χ0n) is 7.65. The Labute approximate surface area is 72.7 Å². The van der Waals surface area contributed by atoms with Crippen molar-refractivity contribution < 1.29 is 0 Å². The van der Waals surface area contributed by atoms with Crippen LogP contribution in [-0.4, -0.2) is 29.8 Å². The molecule has 0 aromatic carbocycles. The van der Waals surface area contributed by atoms with Gasteiger partial charge in [-0.3, -0.25) is 4.98 Å². The number of pyridine rings is 1. The molecule has 1 rings (SSSR count). The standard InChI is InChI=1S/C9H13N3/c1-8(11-12(2)3)9-4-6-10-7-5-9/h4-7H,1-3H3/b11-8+. The lowest BCUT2D eigenvalue weighted by atomic mass is 10.2. The van der Waals surface area contributed by atoms with Crippen molar-refractivity contribution >= 4 is 5.71 Å². The molecular weight excluding hydrogens is 150 g/mol. The molecule has 64 valence electrons. The van der Waals surface area contributed by atoms with E-state index in [4.69, 9.17) is 0 Å². The average Bonchev–Trinajstić information content (AvgIpc) is 2.05. The maximum Gasteiger partial charge on any atom is 0.0647 e. The van der Waals surface area contributed by atoms with E-state index in [-0.39, 0.29) is 0 Å². The van der Waals surface area contributed by atoms with Gasteiger partial charge in [0, 0.05) is 32.1 Å². The van der Waals surface area contributed by atoms with E-state index in [9.17, 15) is 0 Å². The van der Waals surface area contributed by atoms with Gasteiger partial charge in [0.2, 0.25) is 0 Å². The zero-order chi connectivity index (χ0) is 8.97. The summed E-state index contributed by atoms with van der Waals surface area (Å²) in [4.78, 5) is 3.94. The van der Waals surface area contributed by atoms with E-state index in [1.165, 1.54) is 0 Å². The molecule has 0 saturated carbocycles. The van der Waals surface area contributed by atoms with E-state index in [0.717, 1.165) is 11.3 Å². The molecule has 0 atom stereocenters. The molecule has 0 fully saturated rings. The number of nitrogens with zero attached hydrogens (tertiary/aromatic N) is 3. The third-order valence-corrected chi connectivity index (χ3v) is 1.45. The minimum atomic E-state index is 1.00. The van der Waals surface area contributed by atoms with Gasteiger partial charge in [0.25, 0.3) is 0 Å². The van der Waals surface area contributed by atoms with Gasteiger partial charge in [0.05, 0.1) is 5.71 Å². The highest BCUT2D eigenvalue weighted by molar-refractivity contribution is 5.98. The third-order valence-electron chi connectivity index (χ3n) is 1.45. The van der Waals surface area contributed by atoms with Gasteiger partial charge in [0.15, 0.2) is 0 Å². The van der Waals surface area contributed by atoms with Crippen molar-refractivity contribution in [1.82, 2.24) is 9.99 Å². The van der Waals surface area contributed by atoms with Gasteiger partial charge in [-0.2, -0.15) is 5.10 Å². The van der Waals surface area contributed by atoms with Crippen LogP contribution in [0.15, 0.2) is 29.6 Å². The van der Waals surface area contributed by atoms with Gasteiger partial charge < -0.3 is 5.01 Å². The molecule has 0 aliphatic heterocycles. The highest BCUT2D eigenvalue weighted by Crippen LogP contribution is 1.99. The Hall–Kier alpha value is -1.38. The zero-order valence-corrected chi connectivity index (χ0v) is 7.65. The highest BCUT2D eigenvalue weighted by Gasteiger charge is 1.94. The van der Waals surface area contributed by atoms with Crippen LogP contribution >= 0.6 is 0 Å². The van der Waals surface area contributed by atoms with E-state index in [1.54, 1.807) is 17.4 Å². The fourth-order valence-corrected chi connectivity index (χ4v) is 0.951. The van der Waals surface area contributed by atoms with Crippen LogP contribution < -0.4 is 0 Å². The predicted molar refractivity (Wildman–Crippen MR) is 50.1 cm³/mol. The van der Waals surface area contributed by atoms with E-state index in [0.29, 0.717) is 0 Å². The van der Waals surface area contributed by atoms with E-state index < -0.39 is 0 Å². The van der Waals surface area contributed by atoms with E-state index in [1.807, 2.05) is 33.2 Å². The molecule has 1 aromatic rings. The van der Waals surface area contributed by atoms with Crippen LogP contribution in [0.25, 0.3) is 0 Å². The van der Waals surface area contributed by atoms with Gasteiger partial charge in [-0.15, -0.1) is 0 Å². The first-order chi connectivity index (χ1) is 5.70. The van der Waals surface area contributed by atoms with Crippen molar-refractivity contribution in [3.05, 3.63) is 30.1 Å². The van der Waals surface area contributed by atoms with Crippen LogP contribution in [-0.2, 0) is 0 Å². The smallest absolute Gasteiger partial charge is 0.0647 e. The third kappa shape index (κ3) is 2.34. The van der Waals surface area contributed by atoms with Crippen molar-refractivity contribution in [1.29, 1.82) is 0 Å². The predicted octanol–water partition coefficient (Wildman–Crippen LogP) is 1.37. The lowest BCUT2D eigenvalue weighted by molar-refractivity contribution is 0.438. The number of rotatable bonds is 2. The maximum absolute atomic E-state index is 4.27. The SMILES string of the molecule is C/C(=N\N(C)C)c1ccncc1. The van der Waals surface area contributed by atoms with Crippen LogP contribution in [0.5, 0.6) is 0 Å². The summed E-state index contributed by atoms with van der Waals surface area (Å²) in [5.74, 6) is 0. The number of hydrogen-bond donors (Lipinski definition) is 0. The Morgan fingerprint density at radius 2 is 1.92 bits per heavy atom. The molecule has 0 aliphatic rings. The summed E-state index contributed by atoms with van der Waals surface area (Å²) in [6, 6.07) is 3.89. The van der Waals surface area contributed by atoms with Gasteiger partial charge in [-0.1, -0.05) is 0 Å². The Morgan fingerprint density at radius 3 is 2.42 bits per heavy atom. The van der Waals surface area contributed by atoms with Crippen LogP contribution in [0.4, 0.5) is 0 Å². The number of hydrogen-bond acceptors (Lipinski definition) is 3. The monoisotopic (exact) mass is 163 g/mol. The van der Waals surface area contributed by atoms with Crippen LogP contribution in [0.1, 0.15) is 12.5 Å². The quantitative estimate of drug-likeness (QED) is 0.486. The lowest BCUT2D eigenvalue weighted by Crippen LogP contribution is -2.07. The molecule has 0 amide bonds. The summed E-state index contributed by atoms with van der Waals surface area (Å²) in [6.07, 6.45) is 3.54. The Balaban J connectivity index is 2.85. The second-order valence-electron chi connectivity index (χ2n) is 2.77. The first kappa shape index (κ1) is 8.71. The second kappa shape index (κ2) is 3.85. The Bertz CT molecular complexity index is 264. The summed E-state index contributed by atoms with van der Waals surface area (Å²) < 4.78 is 0. The highest BCUT2D eigenvalue weighted by atomic mass is 15.4. The number of aromatic nitrogens is 1. The summed E-state index contributed by atoms with van der Waals surface area (Å²) in [5, 5.41) is 6.06.